The summed E-state index contributed by atoms with van der Waals surface area (Å²) in [5.41, 5.74) is 0.177. The van der Waals surface area contributed by atoms with Crippen LogP contribution in [0.15, 0.2) is 41.0 Å². The van der Waals surface area contributed by atoms with Gasteiger partial charge in [0.1, 0.15) is 35.7 Å². The molecule has 1 saturated carbocycles. The van der Waals surface area contributed by atoms with E-state index in [2.05, 4.69) is 19.6 Å². The van der Waals surface area contributed by atoms with Gasteiger partial charge in [0.15, 0.2) is 0 Å². The summed E-state index contributed by atoms with van der Waals surface area (Å²) >= 11 is 0. The Hall–Kier alpha value is -2.95. The lowest BCUT2D eigenvalue weighted by Gasteiger charge is -2.21. The lowest BCUT2D eigenvalue weighted by Crippen LogP contribution is -2.30. The van der Waals surface area contributed by atoms with Gasteiger partial charge >= 0.3 is 6.18 Å². The second-order valence-electron chi connectivity index (χ2n) is 8.48. The molecule has 0 bridgehead atoms. The summed E-state index contributed by atoms with van der Waals surface area (Å²) in [5.74, 6) is -0.311. The van der Waals surface area contributed by atoms with E-state index in [1.165, 1.54) is 31.0 Å². The minimum atomic E-state index is -4.38. The lowest BCUT2D eigenvalue weighted by molar-refractivity contribution is -0.194. The van der Waals surface area contributed by atoms with Gasteiger partial charge in [-0.2, -0.15) is 17.5 Å². The summed E-state index contributed by atoms with van der Waals surface area (Å²) < 4.78 is 75.4. The van der Waals surface area contributed by atoms with Gasteiger partial charge in [0.05, 0.1) is 16.9 Å². The van der Waals surface area contributed by atoms with Crippen LogP contribution < -0.4 is 10.1 Å². The lowest BCUT2D eigenvalue weighted by atomic mass is 10.1. The predicted molar refractivity (Wildman–Crippen MR) is 119 cm³/mol. The van der Waals surface area contributed by atoms with Gasteiger partial charge in [-0.25, -0.2) is 18.6 Å². The summed E-state index contributed by atoms with van der Waals surface area (Å²) in [7, 11) is -2.37. The first-order valence-electron chi connectivity index (χ1n) is 10.1. The molecule has 4 rings (SSSR count). The first-order chi connectivity index (χ1) is 15.4. The summed E-state index contributed by atoms with van der Waals surface area (Å²) in [5, 5.41) is 3.67. The number of rotatable bonds is 6. The first-order valence-corrected chi connectivity index (χ1v) is 12.4. The number of halogens is 4. The number of aromatic nitrogens is 2. The van der Waals surface area contributed by atoms with Crippen LogP contribution in [-0.2, 0) is 9.73 Å². The van der Waals surface area contributed by atoms with Crippen molar-refractivity contribution in [2.45, 2.75) is 25.9 Å². The maximum absolute atomic E-state index is 13.9. The fraction of sp³-hybridized carbons (Fsp3) is 0.364. The molecule has 176 valence electrons. The van der Waals surface area contributed by atoms with Gasteiger partial charge in [0.2, 0.25) is 0 Å². The third-order valence-electron chi connectivity index (χ3n) is 5.40. The number of hydrogen-bond acceptors (Lipinski definition) is 6. The molecule has 1 N–H and O–H groups in total. The third-order valence-corrected chi connectivity index (χ3v) is 6.05. The van der Waals surface area contributed by atoms with E-state index in [4.69, 9.17) is 4.74 Å². The molecule has 0 atom stereocenters. The van der Waals surface area contributed by atoms with Crippen molar-refractivity contribution < 1.29 is 26.5 Å². The molecule has 0 amide bonds. The number of hydrogen-bond donors (Lipinski definition) is 1. The van der Waals surface area contributed by atoms with Crippen molar-refractivity contribution in [2.75, 3.05) is 24.4 Å². The van der Waals surface area contributed by atoms with Gasteiger partial charge in [0.25, 0.3) is 0 Å². The summed E-state index contributed by atoms with van der Waals surface area (Å²) in [6, 6.07) is 7.02. The Morgan fingerprint density at radius 1 is 1.18 bits per heavy atom. The number of anilines is 2. The SMILES string of the molecule is Cc1cc(N=S(C)(C)=O)cc2ncnc(Nc3ccc(F)cc3OCC3(C(F)(F)F)CC3)c12. The monoisotopic (exact) mass is 482 g/mol. The number of ether oxygens (including phenoxy) is 1. The average molecular weight is 483 g/mol. The Balaban J connectivity index is 1.68. The number of aryl methyl sites for hydroxylation is 1. The van der Waals surface area contributed by atoms with Crippen molar-refractivity contribution in [1.82, 2.24) is 9.97 Å². The van der Waals surface area contributed by atoms with Crippen LogP contribution >= 0.6 is 0 Å². The van der Waals surface area contributed by atoms with Gasteiger partial charge < -0.3 is 10.1 Å². The van der Waals surface area contributed by atoms with Crippen LogP contribution in [0.4, 0.5) is 34.8 Å². The molecular weight excluding hydrogens is 460 g/mol. The molecule has 0 aliphatic heterocycles. The number of nitrogens with one attached hydrogen (secondary N) is 1. The second-order valence-corrected chi connectivity index (χ2v) is 11.0. The number of fused-ring (bicyclic) bond motifs is 1. The largest absolute Gasteiger partial charge is 0.490 e. The molecule has 0 spiro atoms. The highest BCUT2D eigenvalue weighted by Gasteiger charge is 2.63. The molecule has 11 heteroatoms. The number of alkyl halides is 3. The molecule has 3 aromatic rings. The zero-order valence-electron chi connectivity index (χ0n) is 18.2. The highest BCUT2D eigenvalue weighted by Crippen LogP contribution is 2.57. The van der Waals surface area contributed by atoms with Gasteiger partial charge in [-0.3, -0.25) is 0 Å². The third kappa shape index (κ3) is 5.02. The minimum Gasteiger partial charge on any atom is -0.490 e. The van der Waals surface area contributed by atoms with Crippen molar-refractivity contribution in [3.05, 3.63) is 48.0 Å². The van der Waals surface area contributed by atoms with E-state index in [1.807, 2.05) is 6.92 Å². The smallest absolute Gasteiger partial charge is 0.397 e. The highest BCUT2D eigenvalue weighted by atomic mass is 32.2. The molecule has 1 fully saturated rings. The minimum absolute atomic E-state index is 0.0143. The average Bonchev–Trinajstić information content (AvgIpc) is 3.48. The van der Waals surface area contributed by atoms with Crippen LogP contribution in [0.25, 0.3) is 10.9 Å². The van der Waals surface area contributed by atoms with Crippen LogP contribution in [-0.4, -0.2) is 39.5 Å². The Bertz CT molecular complexity index is 1340. The zero-order valence-corrected chi connectivity index (χ0v) is 19.0. The summed E-state index contributed by atoms with van der Waals surface area (Å²) in [6.07, 6.45) is -0.0353. The molecule has 0 unspecified atom stereocenters. The van der Waals surface area contributed by atoms with Crippen LogP contribution in [0.2, 0.25) is 0 Å². The van der Waals surface area contributed by atoms with Crippen LogP contribution in [0, 0.1) is 18.2 Å². The van der Waals surface area contributed by atoms with Gasteiger partial charge in [-0.1, -0.05) is 0 Å². The van der Waals surface area contributed by atoms with E-state index in [9.17, 15) is 21.8 Å². The Morgan fingerprint density at radius 2 is 1.91 bits per heavy atom. The topological polar surface area (TPSA) is 76.5 Å². The molecule has 2 aromatic carbocycles. The number of benzene rings is 2. The molecule has 33 heavy (non-hydrogen) atoms. The van der Waals surface area contributed by atoms with E-state index < -0.39 is 33.7 Å². The zero-order chi connectivity index (χ0) is 24.0. The van der Waals surface area contributed by atoms with E-state index in [-0.39, 0.29) is 24.3 Å². The first kappa shape index (κ1) is 23.2. The van der Waals surface area contributed by atoms with Crippen molar-refractivity contribution in [3.63, 3.8) is 0 Å². The van der Waals surface area contributed by atoms with Gasteiger partial charge in [0, 0.05) is 33.7 Å². The molecule has 0 radical (unpaired) electrons. The Morgan fingerprint density at radius 3 is 2.55 bits per heavy atom. The molecule has 0 saturated heterocycles. The van der Waals surface area contributed by atoms with Crippen molar-refractivity contribution in [2.24, 2.45) is 9.78 Å². The highest BCUT2D eigenvalue weighted by molar-refractivity contribution is 7.92. The van der Waals surface area contributed by atoms with E-state index in [0.717, 1.165) is 11.6 Å². The Kier molecular flexibility index (Phi) is 5.71. The van der Waals surface area contributed by atoms with E-state index in [1.54, 1.807) is 12.1 Å². The number of nitrogens with zero attached hydrogens (tertiary/aromatic N) is 3. The predicted octanol–water partition coefficient (Wildman–Crippen LogP) is 5.90. The summed E-state index contributed by atoms with van der Waals surface area (Å²) in [6.45, 7) is 1.22. The molecule has 6 nitrogen and oxygen atoms in total. The normalized spacial score (nSPS) is 15.4. The fourth-order valence-corrected chi connectivity index (χ4v) is 4.11. The van der Waals surface area contributed by atoms with Crippen molar-refractivity contribution in [3.8, 4) is 5.75 Å². The maximum atomic E-state index is 13.9. The second kappa shape index (κ2) is 8.12. The van der Waals surface area contributed by atoms with E-state index >= 15 is 0 Å². The molecular formula is C22H22F4N4O2S. The van der Waals surface area contributed by atoms with Gasteiger partial charge in [-0.05, 0) is 49.6 Å². The molecule has 1 aliphatic carbocycles. The molecule has 1 heterocycles. The fourth-order valence-electron chi connectivity index (χ4n) is 3.50. The van der Waals surface area contributed by atoms with Crippen molar-refractivity contribution in [1.29, 1.82) is 0 Å². The standard InChI is InChI=1S/C22H22F4N4O2S/c1-13-8-15(30-33(2,3)31)10-17-19(13)20(28-12-27-17)29-16-5-4-14(23)9-18(16)32-11-21(6-7-21)22(24,25)26/h4-5,8-10,12H,6-7,11H2,1-3H3,(H,27,28,29). The van der Waals surface area contributed by atoms with Crippen molar-refractivity contribution >= 4 is 37.8 Å². The maximum Gasteiger partial charge on any atom is 0.397 e. The molecule has 1 aliphatic rings. The van der Waals surface area contributed by atoms with Gasteiger partial charge in [-0.15, -0.1) is 0 Å². The van der Waals surface area contributed by atoms with Crippen LogP contribution in [0.5, 0.6) is 5.75 Å². The van der Waals surface area contributed by atoms with Crippen LogP contribution in [0.3, 0.4) is 0 Å². The molecule has 1 aromatic heterocycles. The summed E-state index contributed by atoms with van der Waals surface area (Å²) in [4.78, 5) is 8.51. The quantitative estimate of drug-likeness (QED) is 0.443. The Labute approximate surface area is 188 Å². The van der Waals surface area contributed by atoms with E-state index in [0.29, 0.717) is 22.4 Å². The van der Waals surface area contributed by atoms with Crippen LogP contribution in [0.1, 0.15) is 18.4 Å².